The van der Waals surface area contributed by atoms with Crippen molar-refractivity contribution in [3.8, 4) is 17.1 Å². The summed E-state index contributed by atoms with van der Waals surface area (Å²) in [6.07, 6.45) is 0. The van der Waals surface area contributed by atoms with Crippen molar-refractivity contribution in [2.45, 2.75) is 32.9 Å². The second-order valence-corrected chi connectivity index (χ2v) is 5.93. The lowest BCUT2D eigenvalue weighted by atomic mass is 10.0. The summed E-state index contributed by atoms with van der Waals surface area (Å²) in [5, 5.41) is 3.99. The van der Waals surface area contributed by atoms with E-state index in [-0.39, 0.29) is 6.61 Å². The van der Waals surface area contributed by atoms with Crippen LogP contribution in [-0.2, 0) is 13.2 Å². The van der Waals surface area contributed by atoms with Gasteiger partial charge in [-0.25, -0.2) is 0 Å². The van der Waals surface area contributed by atoms with Gasteiger partial charge < -0.3 is 15.0 Å². The highest BCUT2D eigenvalue weighted by atomic mass is 16.5. The van der Waals surface area contributed by atoms with Gasteiger partial charge in [-0.2, -0.15) is 4.98 Å². The first-order valence-electron chi connectivity index (χ1n) is 8.00. The number of rotatable bonds is 6. The van der Waals surface area contributed by atoms with Gasteiger partial charge >= 0.3 is 0 Å². The second-order valence-electron chi connectivity index (χ2n) is 5.93. The van der Waals surface area contributed by atoms with E-state index in [0.29, 0.717) is 24.2 Å². The van der Waals surface area contributed by atoms with Crippen LogP contribution in [0.1, 0.15) is 36.8 Å². The van der Waals surface area contributed by atoms with Crippen molar-refractivity contribution in [1.29, 1.82) is 0 Å². The number of nitrogens with zero attached hydrogens (tertiary/aromatic N) is 2. The summed E-state index contributed by atoms with van der Waals surface area (Å²) < 4.78 is 10.9. The molecule has 0 saturated carbocycles. The molecule has 5 heteroatoms. The molecule has 2 aromatic carbocycles. The Labute approximate surface area is 141 Å². The van der Waals surface area contributed by atoms with Crippen molar-refractivity contribution in [2.75, 3.05) is 0 Å². The van der Waals surface area contributed by atoms with Gasteiger partial charge in [-0.1, -0.05) is 55.4 Å². The Balaban J connectivity index is 1.63. The molecule has 0 atom stereocenters. The van der Waals surface area contributed by atoms with Crippen LogP contribution in [-0.4, -0.2) is 10.1 Å². The molecule has 0 saturated heterocycles. The summed E-state index contributed by atoms with van der Waals surface area (Å²) in [7, 11) is 0. The average Bonchev–Trinajstić information content (AvgIpc) is 3.09. The van der Waals surface area contributed by atoms with Crippen LogP contribution in [0.5, 0.6) is 5.75 Å². The van der Waals surface area contributed by atoms with Crippen molar-refractivity contribution in [3.63, 3.8) is 0 Å². The minimum absolute atomic E-state index is 0.245. The first-order valence-corrected chi connectivity index (χ1v) is 8.00. The highest BCUT2D eigenvalue weighted by molar-refractivity contribution is 5.54. The van der Waals surface area contributed by atoms with Gasteiger partial charge in [0.15, 0.2) is 6.61 Å². The lowest BCUT2D eigenvalue weighted by molar-refractivity contribution is 0.243. The van der Waals surface area contributed by atoms with E-state index in [2.05, 4.69) is 36.1 Å². The molecule has 2 N–H and O–H groups in total. The fourth-order valence-electron chi connectivity index (χ4n) is 2.31. The van der Waals surface area contributed by atoms with Crippen LogP contribution >= 0.6 is 0 Å². The highest BCUT2D eigenvalue weighted by Crippen LogP contribution is 2.20. The van der Waals surface area contributed by atoms with Gasteiger partial charge in [0.25, 0.3) is 5.89 Å². The van der Waals surface area contributed by atoms with Gasteiger partial charge in [0.05, 0.1) is 0 Å². The van der Waals surface area contributed by atoms with Crippen molar-refractivity contribution in [1.82, 2.24) is 10.1 Å². The van der Waals surface area contributed by atoms with Gasteiger partial charge in [0, 0.05) is 12.1 Å². The monoisotopic (exact) mass is 323 g/mol. The van der Waals surface area contributed by atoms with Crippen LogP contribution in [0.25, 0.3) is 11.4 Å². The lowest BCUT2D eigenvalue weighted by Gasteiger charge is -2.07. The normalized spacial score (nSPS) is 11.0. The molecule has 0 bridgehead atoms. The summed E-state index contributed by atoms with van der Waals surface area (Å²) in [6, 6.07) is 15.8. The predicted octanol–water partition coefficient (Wildman–Crippen LogP) is 3.90. The highest BCUT2D eigenvalue weighted by Gasteiger charge is 2.09. The Morgan fingerprint density at radius 2 is 1.75 bits per heavy atom. The van der Waals surface area contributed by atoms with E-state index < -0.39 is 0 Å². The molecular formula is C19H21N3O2. The predicted molar refractivity (Wildman–Crippen MR) is 92.5 cm³/mol. The standard InChI is InChI=1S/C19H21N3O2/c1-13(2)15-7-9-17(10-8-15)23-12-18-21-19(22-24-18)16-5-3-14(11-20)4-6-16/h3-10,13H,11-12,20H2,1-2H3. The van der Waals surface area contributed by atoms with E-state index in [4.69, 9.17) is 15.0 Å². The van der Waals surface area contributed by atoms with Gasteiger partial charge in [-0.15, -0.1) is 0 Å². The van der Waals surface area contributed by atoms with Crippen LogP contribution < -0.4 is 10.5 Å². The zero-order chi connectivity index (χ0) is 16.9. The van der Waals surface area contributed by atoms with Crippen LogP contribution in [0.15, 0.2) is 53.1 Å². The lowest BCUT2D eigenvalue weighted by Crippen LogP contribution is -1.97. The molecule has 24 heavy (non-hydrogen) atoms. The molecule has 1 heterocycles. The number of benzene rings is 2. The largest absolute Gasteiger partial charge is 0.484 e. The zero-order valence-corrected chi connectivity index (χ0v) is 13.9. The van der Waals surface area contributed by atoms with E-state index in [1.165, 1.54) is 5.56 Å². The first-order chi connectivity index (χ1) is 11.7. The smallest absolute Gasteiger partial charge is 0.264 e. The molecular weight excluding hydrogens is 302 g/mol. The maximum atomic E-state index is 5.70. The van der Waals surface area contributed by atoms with Crippen molar-refractivity contribution < 1.29 is 9.26 Å². The van der Waals surface area contributed by atoms with Crippen LogP contribution in [0.2, 0.25) is 0 Å². The fourth-order valence-corrected chi connectivity index (χ4v) is 2.31. The minimum atomic E-state index is 0.245. The molecule has 0 amide bonds. The van der Waals surface area contributed by atoms with E-state index >= 15 is 0 Å². The van der Waals surface area contributed by atoms with Crippen LogP contribution in [0, 0.1) is 0 Å². The van der Waals surface area contributed by atoms with Gasteiger partial charge in [0.1, 0.15) is 5.75 Å². The molecule has 0 radical (unpaired) electrons. The Kier molecular flexibility index (Phi) is 4.91. The molecule has 0 unspecified atom stereocenters. The summed E-state index contributed by atoms with van der Waals surface area (Å²) in [5.41, 5.74) is 8.84. The van der Waals surface area contributed by atoms with Crippen molar-refractivity contribution in [2.24, 2.45) is 5.73 Å². The summed E-state index contributed by atoms with van der Waals surface area (Å²) >= 11 is 0. The van der Waals surface area contributed by atoms with Gasteiger partial charge in [-0.05, 0) is 29.2 Å². The van der Waals surface area contributed by atoms with Crippen LogP contribution in [0.3, 0.4) is 0 Å². The molecule has 0 fully saturated rings. The SMILES string of the molecule is CC(C)c1ccc(OCc2nc(-c3ccc(CN)cc3)no2)cc1. The fraction of sp³-hybridized carbons (Fsp3) is 0.263. The number of ether oxygens (including phenoxy) is 1. The molecule has 0 aliphatic heterocycles. The van der Waals surface area contributed by atoms with E-state index in [0.717, 1.165) is 16.9 Å². The minimum Gasteiger partial charge on any atom is -0.484 e. The summed E-state index contributed by atoms with van der Waals surface area (Å²) in [5.74, 6) is 2.28. The van der Waals surface area contributed by atoms with Crippen molar-refractivity contribution in [3.05, 3.63) is 65.5 Å². The Morgan fingerprint density at radius 3 is 2.38 bits per heavy atom. The maximum Gasteiger partial charge on any atom is 0.264 e. The molecule has 0 aliphatic carbocycles. The number of nitrogens with two attached hydrogens (primary N) is 1. The molecule has 124 valence electrons. The number of hydrogen-bond acceptors (Lipinski definition) is 5. The molecule has 0 spiro atoms. The third-order valence-electron chi connectivity index (χ3n) is 3.83. The van der Waals surface area contributed by atoms with Crippen LogP contribution in [0.4, 0.5) is 0 Å². The summed E-state index contributed by atoms with van der Waals surface area (Å²) in [6.45, 7) is 5.09. The van der Waals surface area contributed by atoms with Gasteiger partial charge in [0.2, 0.25) is 5.82 Å². The van der Waals surface area contributed by atoms with E-state index in [9.17, 15) is 0 Å². The average molecular weight is 323 g/mol. The van der Waals surface area contributed by atoms with E-state index in [1.54, 1.807) is 0 Å². The summed E-state index contributed by atoms with van der Waals surface area (Å²) in [4.78, 5) is 4.36. The quantitative estimate of drug-likeness (QED) is 0.744. The number of aromatic nitrogens is 2. The zero-order valence-electron chi connectivity index (χ0n) is 13.9. The topological polar surface area (TPSA) is 74.2 Å². The molecule has 1 aromatic heterocycles. The molecule has 0 aliphatic rings. The third-order valence-corrected chi connectivity index (χ3v) is 3.83. The number of hydrogen-bond donors (Lipinski definition) is 1. The molecule has 5 nitrogen and oxygen atoms in total. The van der Waals surface area contributed by atoms with E-state index in [1.807, 2.05) is 36.4 Å². The Hall–Kier alpha value is -2.66. The maximum absolute atomic E-state index is 5.70. The third kappa shape index (κ3) is 3.81. The molecule has 3 rings (SSSR count). The second kappa shape index (κ2) is 7.27. The van der Waals surface area contributed by atoms with Crippen molar-refractivity contribution >= 4 is 0 Å². The Bertz CT molecular complexity index is 777. The van der Waals surface area contributed by atoms with Gasteiger partial charge in [-0.3, -0.25) is 0 Å². The first kappa shape index (κ1) is 16.2. The Morgan fingerprint density at radius 1 is 1.04 bits per heavy atom. The molecule has 3 aromatic rings.